The monoisotopic (exact) mass is 300 g/mol. The molecule has 1 atom stereocenters. The van der Waals surface area contributed by atoms with Crippen molar-refractivity contribution in [2.75, 3.05) is 19.6 Å². The number of halogens is 2. The number of thiophene rings is 1. The number of fused-ring (bicyclic) bond motifs is 1. The lowest BCUT2D eigenvalue weighted by molar-refractivity contribution is 0.0718. The van der Waals surface area contributed by atoms with Gasteiger partial charge in [0.15, 0.2) is 0 Å². The van der Waals surface area contributed by atoms with E-state index in [0.29, 0.717) is 12.1 Å². The standard InChI is InChI=1S/C15H22F2N2S/c16-15(17)10-19-7-4-11(5-8-19)18-13-2-1-3-14-12(13)6-9-20-14/h6,9,11,13,15,18H,1-5,7-8,10H2/t13-/m1/s1. The highest BCUT2D eigenvalue weighted by molar-refractivity contribution is 7.10. The van der Waals surface area contributed by atoms with E-state index in [9.17, 15) is 8.78 Å². The van der Waals surface area contributed by atoms with Gasteiger partial charge in [-0.3, -0.25) is 4.90 Å². The number of likely N-dealkylation sites (tertiary alicyclic amines) is 1. The molecule has 1 N–H and O–H groups in total. The lowest BCUT2D eigenvalue weighted by Gasteiger charge is -2.35. The van der Waals surface area contributed by atoms with Crippen molar-refractivity contribution in [1.29, 1.82) is 0 Å². The molecule has 2 aliphatic rings. The van der Waals surface area contributed by atoms with E-state index >= 15 is 0 Å². The highest BCUT2D eigenvalue weighted by Gasteiger charge is 2.26. The highest BCUT2D eigenvalue weighted by Crippen LogP contribution is 2.34. The van der Waals surface area contributed by atoms with Gasteiger partial charge in [0.1, 0.15) is 0 Å². The zero-order chi connectivity index (χ0) is 13.9. The van der Waals surface area contributed by atoms with Crippen LogP contribution in [0.3, 0.4) is 0 Å². The molecule has 1 saturated heterocycles. The maximum Gasteiger partial charge on any atom is 0.251 e. The molecule has 20 heavy (non-hydrogen) atoms. The van der Waals surface area contributed by atoms with Gasteiger partial charge in [-0.2, -0.15) is 0 Å². The molecule has 1 aliphatic heterocycles. The number of rotatable bonds is 4. The number of alkyl halides is 2. The van der Waals surface area contributed by atoms with Gasteiger partial charge in [-0.15, -0.1) is 11.3 Å². The maximum atomic E-state index is 12.4. The molecule has 0 radical (unpaired) electrons. The fraction of sp³-hybridized carbons (Fsp3) is 0.733. The van der Waals surface area contributed by atoms with E-state index in [2.05, 4.69) is 16.8 Å². The van der Waals surface area contributed by atoms with Crippen LogP contribution in [-0.2, 0) is 6.42 Å². The third kappa shape index (κ3) is 3.38. The Hall–Kier alpha value is -0.520. The summed E-state index contributed by atoms with van der Waals surface area (Å²) in [6.07, 6.45) is 3.46. The molecule has 0 bridgehead atoms. The van der Waals surface area contributed by atoms with E-state index in [-0.39, 0.29) is 6.54 Å². The van der Waals surface area contributed by atoms with Crippen molar-refractivity contribution in [2.45, 2.75) is 50.6 Å². The Morgan fingerprint density at radius 2 is 2.10 bits per heavy atom. The van der Waals surface area contributed by atoms with Crippen LogP contribution < -0.4 is 5.32 Å². The average Bonchev–Trinajstić information content (AvgIpc) is 2.90. The molecule has 2 heterocycles. The average molecular weight is 300 g/mol. The van der Waals surface area contributed by atoms with E-state index < -0.39 is 6.43 Å². The van der Waals surface area contributed by atoms with E-state index in [1.807, 2.05) is 16.2 Å². The first-order chi connectivity index (χ1) is 9.72. The molecule has 1 aromatic heterocycles. The first-order valence-corrected chi connectivity index (χ1v) is 8.43. The Morgan fingerprint density at radius 1 is 1.30 bits per heavy atom. The molecule has 1 fully saturated rings. The van der Waals surface area contributed by atoms with Crippen molar-refractivity contribution in [1.82, 2.24) is 10.2 Å². The Morgan fingerprint density at radius 3 is 2.85 bits per heavy atom. The molecule has 5 heteroatoms. The normalized spacial score (nSPS) is 25.1. The molecule has 0 amide bonds. The smallest absolute Gasteiger partial charge is 0.251 e. The van der Waals surface area contributed by atoms with Crippen LogP contribution in [0.4, 0.5) is 8.78 Å². The number of hydrogen-bond acceptors (Lipinski definition) is 3. The Kier molecular flexibility index (Phi) is 4.68. The summed E-state index contributed by atoms with van der Waals surface area (Å²) in [6, 6.07) is 3.22. The van der Waals surface area contributed by atoms with Gasteiger partial charge in [-0.25, -0.2) is 8.78 Å². The highest BCUT2D eigenvalue weighted by atomic mass is 32.1. The molecule has 2 nitrogen and oxygen atoms in total. The fourth-order valence-electron chi connectivity index (χ4n) is 3.42. The van der Waals surface area contributed by atoms with Gasteiger partial charge in [-0.1, -0.05) is 0 Å². The van der Waals surface area contributed by atoms with Gasteiger partial charge < -0.3 is 5.32 Å². The van der Waals surface area contributed by atoms with Gasteiger partial charge in [0, 0.05) is 17.0 Å². The summed E-state index contributed by atoms with van der Waals surface area (Å²) in [4.78, 5) is 3.42. The number of hydrogen-bond donors (Lipinski definition) is 1. The van der Waals surface area contributed by atoms with Gasteiger partial charge in [0.25, 0.3) is 6.43 Å². The SMILES string of the molecule is FC(F)CN1CCC(N[C@@H]2CCCc3sccc32)CC1. The second-order valence-electron chi connectivity index (χ2n) is 5.88. The number of nitrogens with one attached hydrogen (secondary N) is 1. The Labute approximate surface area is 123 Å². The lowest BCUT2D eigenvalue weighted by Crippen LogP contribution is -2.45. The summed E-state index contributed by atoms with van der Waals surface area (Å²) in [6.45, 7) is 1.53. The Balaban J connectivity index is 1.51. The summed E-state index contributed by atoms with van der Waals surface area (Å²) in [5.74, 6) is 0. The largest absolute Gasteiger partial charge is 0.307 e. The van der Waals surface area contributed by atoms with Crippen LogP contribution in [0, 0.1) is 0 Å². The van der Waals surface area contributed by atoms with Crippen molar-refractivity contribution in [3.05, 3.63) is 21.9 Å². The van der Waals surface area contributed by atoms with Crippen molar-refractivity contribution >= 4 is 11.3 Å². The first kappa shape index (κ1) is 14.4. The number of nitrogens with zero attached hydrogens (tertiary/aromatic N) is 1. The second-order valence-corrected chi connectivity index (χ2v) is 6.88. The zero-order valence-electron chi connectivity index (χ0n) is 11.7. The third-order valence-electron chi connectivity index (χ3n) is 4.47. The van der Waals surface area contributed by atoms with Gasteiger partial charge >= 0.3 is 0 Å². The van der Waals surface area contributed by atoms with Crippen LogP contribution in [0.25, 0.3) is 0 Å². The van der Waals surface area contributed by atoms with Crippen molar-refractivity contribution in [3.63, 3.8) is 0 Å². The number of piperidine rings is 1. The molecule has 0 spiro atoms. The minimum Gasteiger partial charge on any atom is -0.307 e. The van der Waals surface area contributed by atoms with Gasteiger partial charge in [0.05, 0.1) is 6.54 Å². The third-order valence-corrected chi connectivity index (χ3v) is 5.47. The molecule has 3 rings (SSSR count). The molecule has 1 aromatic rings. The van der Waals surface area contributed by atoms with Crippen molar-refractivity contribution < 1.29 is 8.78 Å². The fourth-order valence-corrected chi connectivity index (χ4v) is 4.41. The summed E-state index contributed by atoms with van der Waals surface area (Å²) >= 11 is 1.87. The minimum absolute atomic E-state index is 0.0647. The van der Waals surface area contributed by atoms with Crippen LogP contribution >= 0.6 is 11.3 Å². The summed E-state index contributed by atoms with van der Waals surface area (Å²) < 4.78 is 24.7. The van der Waals surface area contributed by atoms with Gasteiger partial charge in [-0.05, 0) is 62.2 Å². The molecule has 0 saturated carbocycles. The van der Waals surface area contributed by atoms with E-state index in [1.165, 1.54) is 29.7 Å². The summed E-state index contributed by atoms with van der Waals surface area (Å²) in [5.41, 5.74) is 1.48. The van der Waals surface area contributed by atoms with Crippen LogP contribution in [-0.4, -0.2) is 37.0 Å². The topological polar surface area (TPSA) is 15.3 Å². The quantitative estimate of drug-likeness (QED) is 0.916. The predicted octanol–water partition coefficient (Wildman–Crippen LogP) is 3.44. The van der Waals surface area contributed by atoms with Crippen LogP contribution in [0.1, 0.15) is 42.2 Å². The summed E-state index contributed by atoms with van der Waals surface area (Å²) in [7, 11) is 0. The molecule has 1 aliphatic carbocycles. The lowest BCUT2D eigenvalue weighted by atomic mass is 9.92. The molecule has 0 unspecified atom stereocenters. The van der Waals surface area contributed by atoms with Crippen molar-refractivity contribution in [3.8, 4) is 0 Å². The minimum atomic E-state index is -2.20. The zero-order valence-corrected chi connectivity index (χ0v) is 12.5. The second kappa shape index (κ2) is 6.50. The molecule has 0 aromatic carbocycles. The van der Waals surface area contributed by atoms with Crippen molar-refractivity contribution in [2.24, 2.45) is 0 Å². The number of aryl methyl sites for hydroxylation is 1. The van der Waals surface area contributed by atoms with Crippen LogP contribution in [0.15, 0.2) is 11.4 Å². The van der Waals surface area contributed by atoms with Crippen LogP contribution in [0.5, 0.6) is 0 Å². The molecular weight excluding hydrogens is 278 g/mol. The predicted molar refractivity (Wildman–Crippen MR) is 78.6 cm³/mol. The van der Waals surface area contributed by atoms with Crippen LogP contribution in [0.2, 0.25) is 0 Å². The molecule has 112 valence electrons. The Bertz CT molecular complexity index is 427. The van der Waals surface area contributed by atoms with Gasteiger partial charge in [0.2, 0.25) is 0 Å². The summed E-state index contributed by atoms with van der Waals surface area (Å²) in [5, 5.41) is 5.96. The molecular formula is C15H22F2N2S. The maximum absolute atomic E-state index is 12.4. The van der Waals surface area contributed by atoms with E-state index in [1.54, 1.807) is 0 Å². The van der Waals surface area contributed by atoms with E-state index in [4.69, 9.17) is 0 Å². The first-order valence-electron chi connectivity index (χ1n) is 7.55. The van der Waals surface area contributed by atoms with E-state index in [0.717, 1.165) is 25.9 Å².